The normalized spacial score (nSPS) is 31.1. The first-order chi connectivity index (χ1) is 27.6. The first kappa shape index (κ1) is 42.0. The van der Waals surface area contributed by atoms with Crippen LogP contribution in [0, 0.1) is 11.8 Å². The van der Waals surface area contributed by atoms with Gasteiger partial charge < -0.3 is 44.4 Å². The third-order valence-electron chi connectivity index (χ3n) is 12.6. The molecule has 2 aliphatic carbocycles. The molecular weight excluding hydrogens is 811 g/mol. The third-order valence-corrected chi connectivity index (χ3v) is 13.4. The van der Waals surface area contributed by atoms with Gasteiger partial charge in [0.15, 0.2) is 0 Å². The van der Waals surface area contributed by atoms with E-state index < -0.39 is 47.6 Å². The summed E-state index contributed by atoms with van der Waals surface area (Å²) in [5.41, 5.74) is -1.97. The molecule has 0 spiro atoms. The topological polar surface area (TPSA) is 186 Å². The summed E-state index contributed by atoms with van der Waals surface area (Å²) in [5, 5.41) is 16.2. The van der Waals surface area contributed by atoms with E-state index in [0.29, 0.717) is 23.7 Å². The molecule has 16 heteroatoms. The summed E-state index contributed by atoms with van der Waals surface area (Å²) in [6, 6.07) is 4.90. The number of hydrogen-bond donors (Lipinski definition) is 4. The van der Waals surface area contributed by atoms with Crippen molar-refractivity contribution in [3.05, 3.63) is 63.2 Å². The molecule has 312 valence electrons. The van der Waals surface area contributed by atoms with E-state index in [-0.39, 0.29) is 71.4 Å². The highest BCUT2D eigenvalue weighted by Gasteiger charge is 2.61. The number of allylic oxidation sites excluding steroid dienone is 2. The lowest BCUT2D eigenvalue weighted by atomic mass is 9.89. The maximum absolute atomic E-state index is 14.5. The number of carboxylic acid groups (broad SMARTS) is 1. The number of aliphatic carboxylic acids is 1. The van der Waals surface area contributed by atoms with Crippen LogP contribution in [-0.4, -0.2) is 93.6 Å². The quantitative estimate of drug-likeness (QED) is 0.126. The lowest BCUT2D eigenvalue weighted by Crippen LogP contribution is -2.56. The van der Waals surface area contributed by atoms with Crippen LogP contribution >= 0.6 is 15.9 Å². The second-order valence-electron chi connectivity index (χ2n) is 17.4. The van der Waals surface area contributed by atoms with E-state index in [1.54, 1.807) is 24.3 Å². The average molecular weight is 866 g/mol. The van der Waals surface area contributed by atoms with Gasteiger partial charge in [-0.1, -0.05) is 49.2 Å². The molecule has 2 aromatic rings. The van der Waals surface area contributed by atoms with Gasteiger partial charge in [0.05, 0.1) is 23.3 Å². The van der Waals surface area contributed by atoms with Crippen molar-refractivity contribution in [2.75, 3.05) is 6.54 Å². The van der Waals surface area contributed by atoms with Gasteiger partial charge in [0.2, 0.25) is 23.1 Å². The molecule has 4 fully saturated rings. The first-order valence-corrected chi connectivity index (χ1v) is 21.4. The summed E-state index contributed by atoms with van der Waals surface area (Å²) >= 11 is 3.36. The molecule has 14 nitrogen and oxygen atoms in total. The van der Waals surface area contributed by atoms with Crippen molar-refractivity contribution >= 4 is 57.8 Å². The average Bonchev–Trinajstić information content (AvgIpc) is 4.01. The van der Waals surface area contributed by atoms with Crippen LogP contribution in [0.2, 0.25) is 0 Å². The molecule has 0 bridgehead atoms. The number of H-pyrrole nitrogens is 1. The number of para-hydroxylation sites is 1. The molecule has 2 saturated heterocycles. The smallest absolute Gasteiger partial charge is 0.479 e. The van der Waals surface area contributed by atoms with E-state index in [1.807, 2.05) is 45.8 Å². The third kappa shape index (κ3) is 9.03. The van der Waals surface area contributed by atoms with Crippen molar-refractivity contribution in [2.24, 2.45) is 11.8 Å². The molecular formula is C42H54BBrN4O10. The Labute approximate surface area is 347 Å². The van der Waals surface area contributed by atoms with Crippen LogP contribution in [0.4, 0.5) is 4.79 Å². The van der Waals surface area contributed by atoms with Gasteiger partial charge in [0.25, 0.3) is 0 Å². The maximum atomic E-state index is 14.5. The molecule has 7 atom stereocenters. The summed E-state index contributed by atoms with van der Waals surface area (Å²) < 4.78 is 24.3. The number of ether oxygens (including phenoxy) is 2. The Morgan fingerprint density at radius 3 is 2.60 bits per heavy atom. The van der Waals surface area contributed by atoms with Crippen molar-refractivity contribution in [3.63, 3.8) is 0 Å². The van der Waals surface area contributed by atoms with Crippen molar-refractivity contribution < 1.29 is 43.1 Å². The first-order valence-electron chi connectivity index (χ1n) is 20.6. The SMILES string of the molecule is CC1(C)OB(/C=C/CCC[C@@H]2C[C@H]2OC(=O)NC2CCCCC/C=C/[C@@H]3C[C@@]3(C(=O)O)NC(=O)[C@@H]3C[C@@H](Oc4[nH]c5ccccc5c(=O)c4Br)CN3C2=O)OC1(C)C. The Hall–Kier alpha value is -4.15. The number of rotatable bonds is 10. The highest BCUT2D eigenvalue weighted by molar-refractivity contribution is 9.10. The number of benzene rings is 1. The Morgan fingerprint density at radius 1 is 1.09 bits per heavy atom. The molecule has 0 radical (unpaired) electrons. The summed E-state index contributed by atoms with van der Waals surface area (Å²) in [4.78, 5) is 72.0. The van der Waals surface area contributed by atoms with E-state index >= 15 is 0 Å². The molecule has 7 rings (SSSR count). The van der Waals surface area contributed by atoms with Gasteiger partial charge in [-0.2, -0.15) is 0 Å². The van der Waals surface area contributed by atoms with Gasteiger partial charge in [0.1, 0.15) is 34.3 Å². The standard InChI is InChI=1S/C42H54BBrN4O10/c1-40(2)41(3,4)58-43(57-40)20-14-8-9-15-25-21-32(25)56-39(54)46-30-19-11-7-5-6-10-16-26-23-42(26,38(52)53)47-35(50)31-22-27(24-48(31)37(30)51)55-36-33(44)34(49)28-17-12-13-18-29(28)45-36/h10,12-14,16-18,20,25-27,30-32H,5-9,11,15,19,21-24H2,1-4H3,(H,45,49)(H,46,54)(H,47,50)(H,52,53)/b16-10+,20-14+/t25-,26-,27-,30?,31+,32-,42-/m1/s1. The second kappa shape index (κ2) is 16.8. The molecule has 3 amide bonds. The number of carboxylic acids is 1. The van der Waals surface area contributed by atoms with Gasteiger partial charge in [-0.05, 0) is 113 Å². The van der Waals surface area contributed by atoms with Crippen LogP contribution in [0.15, 0.2) is 57.7 Å². The van der Waals surface area contributed by atoms with Crippen molar-refractivity contribution in [1.82, 2.24) is 20.5 Å². The largest absolute Gasteiger partial charge is 0.486 e. The van der Waals surface area contributed by atoms with Crippen molar-refractivity contribution in [1.29, 1.82) is 0 Å². The van der Waals surface area contributed by atoms with E-state index in [0.717, 1.165) is 44.9 Å². The monoisotopic (exact) mass is 864 g/mol. The Balaban J connectivity index is 1.01. The summed E-state index contributed by atoms with van der Waals surface area (Å²) in [7, 11) is -0.382. The zero-order chi connectivity index (χ0) is 41.4. The van der Waals surface area contributed by atoms with Crippen LogP contribution in [0.1, 0.15) is 98.3 Å². The Kier molecular flexibility index (Phi) is 12.2. The summed E-state index contributed by atoms with van der Waals surface area (Å²) in [6.45, 7) is 8.05. The number of fused-ring (bicyclic) bond motifs is 3. The number of pyridine rings is 1. The fourth-order valence-corrected chi connectivity index (χ4v) is 8.64. The van der Waals surface area contributed by atoms with Gasteiger partial charge in [0, 0.05) is 17.7 Å². The van der Waals surface area contributed by atoms with Gasteiger partial charge in [-0.25, -0.2) is 9.59 Å². The number of amides is 3. The number of nitrogens with one attached hydrogen (secondary N) is 3. The minimum absolute atomic E-state index is 0.0296. The van der Waals surface area contributed by atoms with Gasteiger partial charge >= 0.3 is 19.2 Å². The van der Waals surface area contributed by atoms with Crippen molar-refractivity contribution in [2.45, 2.75) is 139 Å². The molecule has 2 saturated carbocycles. The van der Waals surface area contributed by atoms with Crippen LogP contribution in [-0.2, 0) is 28.4 Å². The number of halogens is 1. The van der Waals surface area contributed by atoms with Crippen molar-refractivity contribution in [3.8, 4) is 5.88 Å². The lowest BCUT2D eigenvalue weighted by Gasteiger charge is -2.32. The maximum Gasteiger partial charge on any atom is 0.486 e. The molecule has 5 aliphatic rings. The fraction of sp³-hybridized carbons (Fsp3) is 0.595. The predicted octanol–water partition coefficient (Wildman–Crippen LogP) is 5.96. The Morgan fingerprint density at radius 2 is 1.84 bits per heavy atom. The summed E-state index contributed by atoms with van der Waals surface area (Å²) in [5.74, 6) is -0.288. The van der Waals surface area contributed by atoms with Gasteiger partial charge in [-0.3, -0.25) is 14.4 Å². The van der Waals surface area contributed by atoms with Gasteiger partial charge in [-0.15, -0.1) is 0 Å². The number of hydrogen-bond acceptors (Lipinski definition) is 9. The van der Waals surface area contributed by atoms with E-state index in [9.17, 15) is 29.1 Å². The molecule has 3 aliphatic heterocycles. The highest BCUT2D eigenvalue weighted by atomic mass is 79.9. The number of carbonyl (C=O) groups is 4. The van der Waals surface area contributed by atoms with E-state index in [4.69, 9.17) is 18.8 Å². The number of alkyl carbamates (subject to hydrolysis) is 1. The van der Waals surface area contributed by atoms with E-state index in [2.05, 4.69) is 37.6 Å². The van der Waals surface area contributed by atoms with Crippen LogP contribution in [0.3, 0.4) is 0 Å². The number of unbranched alkanes of at least 4 members (excludes halogenated alkanes) is 1. The van der Waals surface area contributed by atoms with Crippen LogP contribution in [0.5, 0.6) is 5.88 Å². The molecule has 4 N–H and O–H groups in total. The van der Waals surface area contributed by atoms with Crippen LogP contribution < -0.4 is 20.8 Å². The molecule has 1 unspecified atom stereocenters. The molecule has 4 heterocycles. The predicted molar refractivity (Wildman–Crippen MR) is 220 cm³/mol. The van der Waals surface area contributed by atoms with Crippen LogP contribution in [0.25, 0.3) is 10.9 Å². The summed E-state index contributed by atoms with van der Waals surface area (Å²) in [6.07, 6.45) is 11.1. The number of aromatic amines is 1. The fourth-order valence-electron chi connectivity index (χ4n) is 8.24. The minimum Gasteiger partial charge on any atom is -0.479 e. The molecule has 58 heavy (non-hydrogen) atoms. The number of aromatic nitrogens is 1. The highest BCUT2D eigenvalue weighted by Crippen LogP contribution is 2.46. The second-order valence-corrected chi connectivity index (χ2v) is 18.2. The molecule has 1 aromatic heterocycles. The Bertz CT molecular complexity index is 2020. The van der Waals surface area contributed by atoms with E-state index in [1.165, 1.54) is 4.90 Å². The number of nitrogens with zero attached hydrogens (tertiary/aromatic N) is 1. The number of carbonyl (C=O) groups excluding carboxylic acids is 3. The molecule has 1 aromatic carbocycles. The minimum atomic E-state index is -1.47. The zero-order valence-electron chi connectivity index (χ0n) is 33.6. The zero-order valence-corrected chi connectivity index (χ0v) is 35.2. The lowest BCUT2D eigenvalue weighted by molar-refractivity contribution is -0.145.